The molecule has 0 bridgehead atoms. The second-order valence-corrected chi connectivity index (χ2v) is 4.23. The summed E-state index contributed by atoms with van der Waals surface area (Å²) in [6.45, 7) is 0. The molecule has 0 aliphatic heterocycles. The van der Waals surface area contributed by atoms with Crippen molar-refractivity contribution >= 4 is 27.0 Å². The number of rotatable bonds is 1. The average Bonchev–Trinajstić information content (AvgIpc) is 2.87. The summed E-state index contributed by atoms with van der Waals surface area (Å²) in [6.07, 6.45) is 2.47. The summed E-state index contributed by atoms with van der Waals surface area (Å²) < 4.78 is 3.11. The Morgan fingerprint density at radius 2 is 2.23 bits per heavy atom. The fourth-order valence-electron chi connectivity index (χ4n) is 1.53. The van der Waals surface area contributed by atoms with Crippen LogP contribution in [0.2, 0.25) is 0 Å². The van der Waals surface area contributed by atoms with Crippen molar-refractivity contribution in [1.29, 1.82) is 0 Å². The minimum absolute atomic E-state index is 0.587. The van der Waals surface area contributed by atoms with Crippen LogP contribution >= 0.6 is 15.9 Å². The maximum atomic E-state index is 4.15. The van der Waals surface area contributed by atoms with Crippen LogP contribution in [0.1, 0.15) is 18.9 Å². The molecule has 0 atom stereocenters. The van der Waals surface area contributed by atoms with E-state index in [0.29, 0.717) is 6.04 Å². The maximum absolute atomic E-state index is 4.15. The lowest BCUT2D eigenvalue weighted by Crippen LogP contribution is -1.96. The van der Waals surface area contributed by atoms with Gasteiger partial charge in [0.1, 0.15) is 11.0 Å². The Bertz CT molecular complexity index is 459. The second-order valence-electron chi connectivity index (χ2n) is 3.37. The summed E-state index contributed by atoms with van der Waals surface area (Å²) in [5, 5.41) is 8.28. The molecule has 0 radical (unpaired) electrons. The van der Waals surface area contributed by atoms with Crippen LogP contribution in [0, 0.1) is 0 Å². The maximum Gasteiger partial charge on any atom is 0.114 e. The third-order valence-electron chi connectivity index (χ3n) is 2.34. The van der Waals surface area contributed by atoms with Crippen molar-refractivity contribution in [1.82, 2.24) is 15.0 Å². The fraction of sp³-hybridized carbons (Fsp3) is 0.333. The van der Waals surface area contributed by atoms with Gasteiger partial charge in [0, 0.05) is 4.47 Å². The minimum Gasteiger partial charge on any atom is -0.240 e. The first-order valence-corrected chi connectivity index (χ1v) is 5.15. The van der Waals surface area contributed by atoms with Crippen LogP contribution in [-0.4, -0.2) is 15.0 Å². The zero-order chi connectivity index (χ0) is 8.84. The molecule has 1 saturated carbocycles. The van der Waals surface area contributed by atoms with Gasteiger partial charge in [-0.3, -0.25) is 0 Å². The monoisotopic (exact) mass is 237 g/mol. The van der Waals surface area contributed by atoms with E-state index in [0.717, 1.165) is 15.5 Å². The van der Waals surface area contributed by atoms with E-state index in [2.05, 4.69) is 26.2 Å². The highest BCUT2D eigenvalue weighted by Crippen LogP contribution is 2.37. The number of hydrogen-bond donors (Lipinski definition) is 0. The fourth-order valence-corrected chi connectivity index (χ4v) is 2.06. The van der Waals surface area contributed by atoms with E-state index in [1.165, 1.54) is 12.8 Å². The highest BCUT2D eigenvalue weighted by atomic mass is 79.9. The van der Waals surface area contributed by atoms with Gasteiger partial charge >= 0.3 is 0 Å². The summed E-state index contributed by atoms with van der Waals surface area (Å²) in [4.78, 5) is 0. The highest BCUT2D eigenvalue weighted by molar-refractivity contribution is 9.10. The molecule has 0 unspecified atom stereocenters. The number of aromatic nitrogens is 3. The quantitative estimate of drug-likeness (QED) is 0.764. The molecule has 1 heterocycles. The molecule has 4 heteroatoms. The molecular formula is C9H8BrN3. The van der Waals surface area contributed by atoms with Crippen molar-refractivity contribution in [2.45, 2.75) is 18.9 Å². The van der Waals surface area contributed by atoms with Crippen LogP contribution in [-0.2, 0) is 0 Å². The Morgan fingerprint density at radius 1 is 1.38 bits per heavy atom. The minimum atomic E-state index is 0.587. The van der Waals surface area contributed by atoms with Gasteiger partial charge in [-0.2, -0.15) is 0 Å². The molecule has 1 fully saturated rings. The zero-order valence-corrected chi connectivity index (χ0v) is 8.53. The molecule has 13 heavy (non-hydrogen) atoms. The first kappa shape index (κ1) is 7.50. The van der Waals surface area contributed by atoms with Gasteiger partial charge in [-0.15, -0.1) is 5.10 Å². The van der Waals surface area contributed by atoms with Crippen molar-refractivity contribution in [2.75, 3.05) is 0 Å². The molecular weight excluding hydrogens is 230 g/mol. The van der Waals surface area contributed by atoms with Gasteiger partial charge in [-0.05, 0) is 40.9 Å². The van der Waals surface area contributed by atoms with Gasteiger partial charge in [-0.25, -0.2) is 4.68 Å². The van der Waals surface area contributed by atoms with Gasteiger partial charge in [0.05, 0.1) is 6.04 Å². The lowest BCUT2D eigenvalue weighted by Gasteiger charge is -1.99. The number of nitrogens with zero attached hydrogens (tertiary/aromatic N) is 3. The number of halogens is 1. The topological polar surface area (TPSA) is 30.7 Å². The van der Waals surface area contributed by atoms with Crippen LogP contribution in [0.25, 0.3) is 11.0 Å². The molecule has 0 N–H and O–H groups in total. The normalized spacial score (nSPS) is 16.7. The third kappa shape index (κ3) is 1.09. The standard InChI is InChI=1S/C9H8BrN3/c10-7-2-1-3-8-9(7)13(12-11-8)6-4-5-6/h1-3,6H,4-5H2. The van der Waals surface area contributed by atoms with E-state index in [1.54, 1.807) is 0 Å². The smallest absolute Gasteiger partial charge is 0.114 e. The van der Waals surface area contributed by atoms with E-state index in [-0.39, 0.29) is 0 Å². The van der Waals surface area contributed by atoms with Crippen LogP contribution in [0.15, 0.2) is 22.7 Å². The summed E-state index contributed by atoms with van der Waals surface area (Å²) in [5.41, 5.74) is 2.10. The summed E-state index contributed by atoms with van der Waals surface area (Å²) in [6, 6.07) is 6.60. The first-order valence-electron chi connectivity index (χ1n) is 4.35. The summed E-state index contributed by atoms with van der Waals surface area (Å²) >= 11 is 3.52. The Morgan fingerprint density at radius 3 is 3.00 bits per heavy atom. The van der Waals surface area contributed by atoms with Crippen LogP contribution in [0.4, 0.5) is 0 Å². The van der Waals surface area contributed by atoms with Crippen molar-refractivity contribution in [3.05, 3.63) is 22.7 Å². The number of benzene rings is 1. The van der Waals surface area contributed by atoms with Crippen LogP contribution in [0.5, 0.6) is 0 Å². The van der Waals surface area contributed by atoms with Crippen molar-refractivity contribution in [2.24, 2.45) is 0 Å². The Hall–Kier alpha value is -0.900. The largest absolute Gasteiger partial charge is 0.240 e. The third-order valence-corrected chi connectivity index (χ3v) is 2.98. The Kier molecular flexibility index (Phi) is 1.47. The van der Waals surface area contributed by atoms with E-state index in [4.69, 9.17) is 0 Å². The van der Waals surface area contributed by atoms with Gasteiger partial charge in [0.15, 0.2) is 0 Å². The molecule has 1 aliphatic rings. The van der Waals surface area contributed by atoms with Crippen LogP contribution in [0.3, 0.4) is 0 Å². The number of hydrogen-bond acceptors (Lipinski definition) is 2. The molecule has 0 spiro atoms. The van der Waals surface area contributed by atoms with Gasteiger partial charge in [0.2, 0.25) is 0 Å². The molecule has 66 valence electrons. The number of fused-ring (bicyclic) bond motifs is 1. The second kappa shape index (κ2) is 2.54. The van der Waals surface area contributed by atoms with E-state index in [9.17, 15) is 0 Å². The van der Waals surface area contributed by atoms with Crippen LogP contribution < -0.4 is 0 Å². The molecule has 2 aromatic rings. The van der Waals surface area contributed by atoms with Crippen molar-refractivity contribution in [3.8, 4) is 0 Å². The molecule has 0 saturated heterocycles. The van der Waals surface area contributed by atoms with Gasteiger partial charge in [-0.1, -0.05) is 11.3 Å². The predicted octanol–water partition coefficient (Wildman–Crippen LogP) is 2.53. The SMILES string of the molecule is Brc1cccc2nnn(C3CC3)c12. The van der Waals surface area contributed by atoms with Gasteiger partial charge in [0.25, 0.3) is 0 Å². The molecule has 1 aromatic carbocycles. The average molecular weight is 238 g/mol. The Balaban J connectivity index is 2.34. The van der Waals surface area contributed by atoms with Gasteiger partial charge < -0.3 is 0 Å². The molecule has 1 aromatic heterocycles. The van der Waals surface area contributed by atoms with Crippen molar-refractivity contribution in [3.63, 3.8) is 0 Å². The Labute approximate surface area is 83.9 Å². The molecule has 3 rings (SSSR count). The lowest BCUT2D eigenvalue weighted by molar-refractivity contribution is 0.629. The highest BCUT2D eigenvalue weighted by Gasteiger charge is 2.27. The van der Waals surface area contributed by atoms with E-state index < -0.39 is 0 Å². The molecule has 3 nitrogen and oxygen atoms in total. The zero-order valence-electron chi connectivity index (χ0n) is 6.94. The summed E-state index contributed by atoms with van der Waals surface area (Å²) in [7, 11) is 0. The number of para-hydroxylation sites is 1. The van der Waals surface area contributed by atoms with Crippen molar-refractivity contribution < 1.29 is 0 Å². The molecule has 0 amide bonds. The lowest BCUT2D eigenvalue weighted by atomic mass is 10.3. The summed E-state index contributed by atoms with van der Waals surface area (Å²) in [5.74, 6) is 0. The predicted molar refractivity (Wildman–Crippen MR) is 53.5 cm³/mol. The first-order chi connectivity index (χ1) is 6.36. The molecule has 1 aliphatic carbocycles. The van der Waals surface area contributed by atoms with E-state index >= 15 is 0 Å². The van der Waals surface area contributed by atoms with E-state index in [1.807, 2.05) is 22.9 Å².